The molecule has 5 rings (SSSR count). The van der Waals surface area contributed by atoms with E-state index in [2.05, 4.69) is 34.5 Å². The van der Waals surface area contributed by atoms with Crippen molar-refractivity contribution < 1.29 is 9.59 Å². The SMILES string of the molecule is CCc1ncc(CN(C)C(=O)c2cc(-c3cc(C(=O)NC)n(C)n3)nc3ccc(C4CC4)cc23)n1C. The number of benzene rings is 1. The maximum absolute atomic E-state index is 13.8. The summed E-state index contributed by atoms with van der Waals surface area (Å²) < 4.78 is 3.57. The molecule has 1 aliphatic carbocycles. The summed E-state index contributed by atoms with van der Waals surface area (Å²) in [5.74, 6) is 1.21. The zero-order chi connectivity index (χ0) is 25.6. The summed E-state index contributed by atoms with van der Waals surface area (Å²) in [7, 11) is 7.09. The van der Waals surface area contributed by atoms with Crippen molar-refractivity contribution in [2.75, 3.05) is 14.1 Å². The van der Waals surface area contributed by atoms with Crippen LogP contribution in [0.1, 0.15) is 63.6 Å². The summed E-state index contributed by atoms with van der Waals surface area (Å²) >= 11 is 0. The second-order valence-electron chi connectivity index (χ2n) is 9.46. The molecule has 0 spiro atoms. The highest BCUT2D eigenvalue weighted by Gasteiger charge is 2.26. The van der Waals surface area contributed by atoms with Crippen LogP contribution in [0, 0.1) is 0 Å². The van der Waals surface area contributed by atoms with E-state index in [1.54, 1.807) is 31.1 Å². The van der Waals surface area contributed by atoms with E-state index in [9.17, 15) is 9.59 Å². The Labute approximate surface area is 210 Å². The molecule has 0 unspecified atom stereocenters. The quantitative estimate of drug-likeness (QED) is 0.432. The second-order valence-corrected chi connectivity index (χ2v) is 9.46. The van der Waals surface area contributed by atoms with Crippen LogP contribution in [-0.4, -0.2) is 55.1 Å². The van der Waals surface area contributed by atoms with Crippen molar-refractivity contribution >= 4 is 22.7 Å². The number of carbonyl (C=O) groups excluding carboxylic acids is 2. The van der Waals surface area contributed by atoms with Crippen LogP contribution in [0.3, 0.4) is 0 Å². The maximum atomic E-state index is 13.8. The Hall–Kier alpha value is -4.01. The minimum Gasteiger partial charge on any atom is -0.354 e. The summed E-state index contributed by atoms with van der Waals surface area (Å²) in [6, 6.07) is 9.70. The second kappa shape index (κ2) is 9.22. The first-order chi connectivity index (χ1) is 17.3. The first-order valence-corrected chi connectivity index (χ1v) is 12.3. The number of imidazole rings is 1. The molecule has 4 aromatic rings. The van der Waals surface area contributed by atoms with Crippen molar-refractivity contribution in [1.82, 2.24) is 34.5 Å². The topological polar surface area (TPSA) is 97.9 Å². The van der Waals surface area contributed by atoms with E-state index in [4.69, 9.17) is 4.98 Å². The van der Waals surface area contributed by atoms with Crippen LogP contribution < -0.4 is 5.32 Å². The molecule has 0 bridgehead atoms. The van der Waals surface area contributed by atoms with E-state index in [0.29, 0.717) is 35.1 Å². The minimum absolute atomic E-state index is 0.0988. The van der Waals surface area contributed by atoms with Gasteiger partial charge in [0.2, 0.25) is 0 Å². The molecule has 0 aliphatic heterocycles. The molecule has 0 radical (unpaired) electrons. The fourth-order valence-corrected chi connectivity index (χ4v) is 4.64. The Morgan fingerprint density at radius 1 is 1.14 bits per heavy atom. The van der Waals surface area contributed by atoms with Gasteiger partial charge in [-0.1, -0.05) is 13.0 Å². The molecule has 2 amide bonds. The Morgan fingerprint density at radius 3 is 2.58 bits per heavy atom. The van der Waals surface area contributed by atoms with Crippen LogP contribution in [0.15, 0.2) is 36.5 Å². The van der Waals surface area contributed by atoms with Gasteiger partial charge in [0.1, 0.15) is 17.2 Å². The zero-order valence-electron chi connectivity index (χ0n) is 21.4. The van der Waals surface area contributed by atoms with Crippen LogP contribution in [-0.2, 0) is 27.1 Å². The number of rotatable bonds is 7. The molecular weight excluding hydrogens is 454 g/mol. The molecule has 0 saturated heterocycles. The standard InChI is InChI=1S/C27H31N7O2/c1-6-25-29-14-18(33(25)4)15-32(3)27(36)20-12-22(23-13-24(26(35)28-2)34(5)31-23)30-21-10-9-17(11-19(20)21)16-7-8-16/h9-14,16H,6-8,15H2,1-5H3,(H,28,35). The van der Waals surface area contributed by atoms with Gasteiger partial charge < -0.3 is 14.8 Å². The van der Waals surface area contributed by atoms with Gasteiger partial charge in [-0.25, -0.2) is 9.97 Å². The molecule has 3 aromatic heterocycles. The zero-order valence-corrected chi connectivity index (χ0v) is 21.4. The summed E-state index contributed by atoms with van der Waals surface area (Å²) in [6.45, 7) is 2.50. The Balaban J connectivity index is 1.58. The van der Waals surface area contributed by atoms with Crippen LogP contribution in [0.5, 0.6) is 0 Å². The van der Waals surface area contributed by atoms with E-state index in [-0.39, 0.29) is 11.8 Å². The summed E-state index contributed by atoms with van der Waals surface area (Å²) in [6.07, 6.45) is 5.02. The lowest BCUT2D eigenvalue weighted by molar-refractivity contribution is 0.0784. The molecule has 1 aliphatic rings. The smallest absolute Gasteiger partial charge is 0.269 e. The maximum Gasteiger partial charge on any atom is 0.269 e. The van der Waals surface area contributed by atoms with Gasteiger partial charge in [-0.05, 0) is 48.6 Å². The molecule has 186 valence electrons. The fourth-order valence-electron chi connectivity index (χ4n) is 4.64. The number of amides is 2. The van der Waals surface area contributed by atoms with E-state index >= 15 is 0 Å². The Kier molecular flexibility index (Phi) is 6.07. The van der Waals surface area contributed by atoms with Gasteiger partial charge in [0.15, 0.2) is 0 Å². The van der Waals surface area contributed by atoms with Gasteiger partial charge in [0.25, 0.3) is 11.8 Å². The number of aryl methyl sites for hydroxylation is 2. The van der Waals surface area contributed by atoms with Crippen molar-refractivity contribution in [1.29, 1.82) is 0 Å². The van der Waals surface area contributed by atoms with E-state index in [0.717, 1.165) is 28.8 Å². The van der Waals surface area contributed by atoms with Gasteiger partial charge in [-0.2, -0.15) is 5.10 Å². The lowest BCUT2D eigenvalue weighted by Gasteiger charge is -2.19. The molecule has 9 heteroatoms. The highest BCUT2D eigenvalue weighted by Crippen LogP contribution is 2.41. The van der Waals surface area contributed by atoms with Gasteiger partial charge in [-0.15, -0.1) is 0 Å². The molecule has 36 heavy (non-hydrogen) atoms. The third-order valence-corrected chi connectivity index (χ3v) is 6.96. The van der Waals surface area contributed by atoms with Crippen LogP contribution >= 0.6 is 0 Å². The van der Waals surface area contributed by atoms with Crippen LogP contribution in [0.2, 0.25) is 0 Å². The van der Waals surface area contributed by atoms with E-state index < -0.39 is 0 Å². The summed E-state index contributed by atoms with van der Waals surface area (Å²) in [5.41, 5.74) is 5.04. The number of nitrogens with one attached hydrogen (secondary N) is 1. The largest absolute Gasteiger partial charge is 0.354 e. The number of carbonyl (C=O) groups is 2. The average Bonchev–Trinajstić information content (AvgIpc) is 3.58. The van der Waals surface area contributed by atoms with Crippen LogP contribution in [0.4, 0.5) is 0 Å². The van der Waals surface area contributed by atoms with Crippen molar-refractivity contribution in [3.63, 3.8) is 0 Å². The fraction of sp³-hybridized carbons (Fsp3) is 0.370. The number of nitrogens with zero attached hydrogens (tertiary/aromatic N) is 6. The first kappa shape index (κ1) is 23.7. The van der Waals surface area contributed by atoms with Crippen molar-refractivity contribution in [3.05, 3.63) is 64.9 Å². The van der Waals surface area contributed by atoms with E-state index in [1.807, 2.05) is 30.9 Å². The predicted molar refractivity (Wildman–Crippen MR) is 138 cm³/mol. The lowest BCUT2D eigenvalue weighted by Crippen LogP contribution is -2.27. The molecule has 3 heterocycles. The first-order valence-electron chi connectivity index (χ1n) is 12.3. The van der Waals surface area contributed by atoms with Crippen LogP contribution in [0.25, 0.3) is 22.3 Å². The summed E-state index contributed by atoms with van der Waals surface area (Å²) in [5, 5.41) is 7.97. The average molecular weight is 486 g/mol. The van der Waals surface area contributed by atoms with Gasteiger partial charge in [0, 0.05) is 40.0 Å². The predicted octanol–water partition coefficient (Wildman–Crippen LogP) is 3.44. The highest BCUT2D eigenvalue weighted by molar-refractivity contribution is 6.07. The normalized spacial score (nSPS) is 13.2. The van der Waals surface area contributed by atoms with Crippen molar-refractivity contribution in [2.24, 2.45) is 14.1 Å². The number of pyridine rings is 1. The molecule has 1 aromatic carbocycles. The third kappa shape index (κ3) is 4.25. The number of hydrogen-bond acceptors (Lipinski definition) is 5. The Bertz CT molecular complexity index is 1480. The van der Waals surface area contributed by atoms with Gasteiger partial charge >= 0.3 is 0 Å². The molecule has 1 saturated carbocycles. The minimum atomic E-state index is -0.232. The lowest BCUT2D eigenvalue weighted by atomic mass is 10.0. The molecular formula is C27H31N7O2. The highest BCUT2D eigenvalue weighted by atomic mass is 16.2. The van der Waals surface area contributed by atoms with Gasteiger partial charge in [0.05, 0.1) is 35.2 Å². The number of hydrogen-bond donors (Lipinski definition) is 1. The Morgan fingerprint density at radius 2 is 1.92 bits per heavy atom. The summed E-state index contributed by atoms with van der Waals surface area (Å²) in [4.78, 5) is 37.1. The molecule has 1 fully saturated rings. The number of aromatic nitrogens is 5. The van der Waals surface area contributed by atoms with Gasteiger partial charge in [-0.3, -0.25) is 14.3 Å². The monoisotopic (exact) mass is 485 g/mol. The van der Waals surface area contributed by atoms with Crippen molar-refractivity contribution in [2.45, 2.75) is 38.6 Å². The molecule has 1 N–H and O–H groups in total. The van der Waals surface area contributed by atoms with Crippen molar-refractivity contribution in [3.8, 4) is 11.4 Å². The number of fused-ring (bicyclic) bond motifs is 1. The molecule has 9 nitrogen and oxygen atoms in total. The third-order valence-electron chi connectivity index (χ3n) is 6.96. The van der Waals surface area contributed by atoms with E-state index in [1.165, 1.54) is 23.1 Å². The molecule has 0 atom stereocenters.